The molecule has 0 spiro atoms. The number of hydrogen-bond acceptors (Lipinski definition) is 4. The van der Waals surface area contributed by atoms with Crippen LogP contribution in [0.1, 0.15) is 33.0 Å². The van der Waals surface area contributed by atoms with Gasteiger partial charge in [0.25, 0.3) is 0 Å². The summed E-state index contributed by atoms with van der Waals surface area (Å²) < 4.78 is 0. The van der Waals surface area contributed by atoms with E-state index < -0.39 is 0 Å². The highest BCUT2D eigenvalue weighted by molar-refractivity contribution is 7.10. The second-order valence-corrected chi connectivity index (χ2v) is 9.22. The van der Waals surface area contributed by atoms with E-state index in [4.69, 9.17) is 0 Å². The Hall–Kier alpha value is -2.15. The molecule has 4 rings (SSSR count). The van der Waals surface area contributed by atoms with Gasteiger partial charge in [-0.05, 0) is 54.5 Å². The Morgan fingerprint density at radius 1 is 1.14 bits per heavy atom. The summed E-state index contributed by atoms with van der Waals surface area (Å²) in [4.78, 5) is 20.0. The lowest BCUT2D eigenvalue weighted by atomic mass is 9.93. The highest BCUT2D eigenvalue weighted by Crippen LogP contribution is 2.37. The molecule has 3 aromatic rings. The maximum absolute atomic E-state index is 13.2. The molecule has 3 heterocycles. The van der Waals surface area contributed by atoms with Gasteiger partial charge in [-0.15, -0.1) is 22.7 Å². The Bertz CT molecular complexity index is 905. The SMILES string of the molecule is CN(C)[C@H](CNC(=O)N1CCc2sccc2[C@@H]1c1ccccc1)c1cccs1. The molecule has 2 amide bonds. The lowest BCUT2D eigenvalue weighted by Crippen LogP contribution is -2.47. The maximum Gasteiger partial charge on any atom is 0.318 e. The summed E-state index contributed by atoms with van der Waals surface area (Å²) in [6, 6.07) is 16.9. The number of fused-ring (bicyclic) bond motifs is 1. The van der Waals surface area contributed by atoms with Gasteiger partial charge >= 0.3 is 6.03 Å². The molecule has 1 aliphatic rings. The average molecular weight is 412 g/mol. The van der Waals surface area contributed by atoms with E-state index in [0.717, 1.165) is 13.0 Å². The molecule has 4 nitrogen and oxygen atoms in total. The van der Waals surface area contributed by atoms with Gasteiger partial charge in [0.15, 0.2) is 0 Å². The van der Waals surface area contributed by atoms with Gasteiger partial charge < -0.3 is 15.1 Å². The molecular weight excluding hydrogens is 386 g/mol. The van der Waals surface area contributed by atoms with Crippen molar-refractivity contribution >= 4 is 28.7 Å². The summed E-state index contributed by atoms with van der Waals surface area (Å²) in [5.74, 6) is 0. The molecule has 0 fully saturated rings. The number of carbonyl (C=O) groups excluding carboxylic acids is 1. The Morgan fingerprint density at radius 3 is 2.68 bits per heavy atom. The predicted molar refractivity (Wildman–Crippen MR) is 117 cm³/mol. The Labute approximate surface area is 174 Å². The number of rotatable bonds is 5. The van der Waals surface area contributed by atoms with Gasteiger partial charge in [-0.2, -0.15) is 0 Å². The van der Waals surface area contributed by atoms with Crippen LogP contribution in [-0.2, 0) is 6.42 Å². The molecule has 0 bridgehead atoms. The zero-order valence-electron chi connectivity index (χ0n) is 16.2. The first kappa shape index (κ1) is 19.2. The van der Waals surface area contributed by atoms with Crippen LogP contribution in [0.4, 0.5) is 4.79 Å². The van der Waals surface area contributed by atoms with Crippen molar-refractivity contribution in [1.82, 2.24) is 15.1 Å². The molecule has 1 aromatic carbocycles. The summed E-state index contributed by atoms with van der Waals surface area (Å²) in [6.07, 6.45) is 0.922. The quantitative estimate of drug-likeness (QED) is 0.656. The third-order valence-electron chi connectivity index (χ3n) is 5.28. The number of urea groups is 1. The topological polar surface area (TPSA) is 35.6 Å². The first-order valence-corrected chi connectivity index (χ1v) is 11.3. The third-order valence-corrected chi connectivity index (χ3v) is 7.25. The van der Waals surface area contributed by atoms with Crippen molar-refractivity contribution in [2.45, 2.75) is 18.5 Å². The molecule has 2 aromatic heterocycles. The summed E-state index contributed by atoms with van der Waals surface area (Å²) in [5, 5.41) is 7.43. The minimum atomic E-state index is -0.0178. The fourth-order valence-electron chi connectivity index (χ4n) is 3.83. The van der Waals surface area contributed by atoms with E-state index in [2.05, 4.69) is 65.4 Å². The van der Waals surface area contributed by atoms with Crippen LogP contribution < -0.4 is 5.32 Å². The van der Waals surface area contributed by atoms with Crippen LogP contribution in [0.25, 0.3) is 0 Å². The van der Waals surface area contributed by atoms with E-state index in [1.807, 2.05) is 23.1 Å². The molecule has 28 heavy (non-hydrogen) atoms. The molecule has 0 aliphatic carbocycles. The minimum Gasteiger partial charge on any atom is -0.336 e. The standard InChI is InChI=1S/C22H25N3OS2/c1-24(2)18(20-9-6-13-27-20)15-23-22(26)25-12-10-19-17(11-14-28-19)21(25)16-7-4-3-5-8-16/h3-9,11,13-14,18,21H,10,12,15H2,1-2H3,(H,23,26)/t18-,21+/m1/s1. The van der Waals surface area contributed by atoms with Crippen molar-refractivity contribution in [1.29, 1.82) is 0 Å². The summed E-state index contributed by atoms with van der Waals surface area (Å²) in [6.45, 7) is 1.34. The largest absolute Gasteiger partial charge is 0.336 e. The van der Waals surface area contributed by atoms with E-state index in [-0.39, 0.29) is 18.1 Å². The second-order valence-electron chi connectivity index (χ2n) is 7.24. The molecule has 6 heteroatoms. The highest BCUT2D eigenvalue weighted by atomic mass is 32.1. The number of carbonyl (C=O) groups is 1. The van der Waals surface area contributed by atoms with Gasteiger partial charge in [-0.1, -0.05) is 36.4 Å². The monoisotopic (exact) mass is 411 g/mol. The normalized spacial score (nSPS) is 17.4. The van der Waals surface area contributed by atoms with Gasteiger partial charge in [0.2, 0.25) is 0 Å². The fraction of sp³-hybridized carbons (Fsp3) is 0.318. The van der Waals surface area contributed by atoms with E-state index in [0.29, 0.717) is 6.54 Å². The van der Waals surface area contributed by atoms with Crippen molar-refractivity contribution in [3.8, 4) is 0 Å². The smallest absolute Gasteiger partial charge is 0.318 e. The van der Waals surface area contributed by atoms with Crippen LogP contribution in [0.5, 0.6) is 0 Å². The Morgan fingerprint density at radius 2 is 1.96 bits per heavy atom. The van der Waals surface area contributed by atoms with Crippen LogP contribution in [-0.4, -0.2) is 43.0 Å². The predicted octanol–water partition coefficient (Wildman–Crippen LogP) is 4.77. The number of hydrogen-bond donors (Lipinski definition) is 1. The number of likely N-dealkylation sites (N-methyl/N-ethyl adjacent to an activating group) is 1. The second kappa shape index (κ2) is 8.47. The number of nitrogens with zero attached hydrogens (tertiary/aromatic N) is 2. The summed E-state index contributed by atoms with van der Waals surface area (Å²) in [7, 11) is 4.11. The van der Waals surface area contributed by atoms with Crippen molar-refractivity contribution in [2.75, 3.05) is 27.2 Å². The number of nitrogens with one attached hydrogen (secondary N) is 1. The molecule has 1 N–H and O–H groups in total. The average Bonchev–Trinajstić information content (AvgIpc) is 3.39. The van der Waals surface area contributed by atoms with Crippen LogP contribution >= 0.6 is 22.7 Å². The van der Waals surface area contributed by atoms with Gasteiger partial charge in [-0.25, -0.2) is 4.79 Å². The van der Waals surface area contributed by atoms with Crippen LogP contribution in [0, 0.1) is 0 Å². The van der Waals surface area contributed by atoms with Crippen molar-refractivity contribution in [2.24, 2.45) is 0 Å². The molecule has 2 atom stereocenters. The van der Waals surface area contributed by atoms with E-state index in [1.165, 1.54) is 20.9 Å². The number of amides is 2. The number of benzene rings is 1. The molecule has 1 aliphatic heterocycles. The molecule has 0 unspecified atom stereocenters. The van der Waals surface area contributed by atoms with E-state index >= 15 is 0 Å². The molecule has 0 saturated carbocycles. The molecule has 0 saturated heterocycles. The van der Waals surface area contributed by atoms with E-state index in [9.17, 15) is 4.79 Å². The number of thiophene rings is 2. The first-order chi connectivity index (χ1) is 13.6. The highest BCUT2D eigenvalue weighted by Gasteiger charge is 2.33. The van der Waals surface area contributed by atoms with Crippen molar-refractivity contribution in [3.05, 3.63) is 80.2 Å². The van der Waals surface area contributed by atoms with Crippen molar-refractivity contribution < 1.29 is 4.79 Å². The zero-order chi connectivity index (χ0) is 19.5. The Balaban J connectivity index is 1.54. The van der Waals surface area contributed by atoms with Gasteiger partial charge in [0, 0.05) is 22.8 Å². The Kier molecular flexibility index (Phi) is 5.80. The van der Waals surface area contributed by atoms with Crippen LogP contribution in [0.3, 0.4) is 0 Å². The third kappa shape index (κ3) is 3.85. The van der Waals surface area contributed by atoms with E-state index in [1.54, 1.807) is 22.7 Å². The first-order valence-electron chi connectivity index (χ1n) is 9.50. The molecule has 146 valence electrons. The van der Waals surface area contributed by atoms with Gasteiger partial charge in [0.05, 0.1) is 12.1 Å². The summed E-state index contributed by atoms with van der Waals surface area (Å²) in [5.41, 5.74) is 2.43. The zero-order valence-corrected chi connectivity index (χ0v) is 17.8. The lowest BCUT2D eigenvalue weighted by Gasteiger charge is -2.37. The molecular formula is C22H25N3OS2. The van der Waals surface area contributed by atoms with Crippen LogP contribution in [0.15, 0.2) is 59.3 Å². The van der Waals surface area contributed by atoms with Crippen molar-refractivity contribution in [3.63, 3.8) is 0 Å². The maximum atomic E-state index is 13.2. The van der Waals surface area contributed by atoms with Crippen LogP contribution in [0.2, 0.25) is 0 Å². The van der Waals surface area contributed by atoms with Gasteiger partial charge in [-0.3, -0.25) is 0 Å². The lowest BCUT2D eigenvalue weighted by molar-refractivity contribution is 0.176. The minimum absolute atomic E-state index is 0.00843. The molecule has 0 radical (unpaired) electrons. The summed E-state index contributed by atoms with van der Waals surface area (Å²) >= 11 is 3.52. The van der Waals surface area contributed by atoms with Gasteiger partial charge in [0.1, 0.15) is 0 Å². The fourth-order valence-corrected chi connectivity index (χ4v) is 5.66.